The number of aromatic hydroxyl groups is 1. The van der Waals surface area contributed by atoms with Crippen molar-refractivity contribution >= 4 is 0 Å². The zero-order chi connectivity index (χ0) is 13.7. The van der Waals surface area contributed by atoms with E-state index in [1.54, 1.807) is 13.2 Å². The molecule has 1 aromatic carbocycles. The van der Waals surface area contributed by atoms with Gasteiger partial charge in [0.2, 0.25) is 0 Å². The summed E-state index contributed by atoms with van der Waals surface area (Å²) in [5.41, 5.74) is 0.922. The van der Waals surface area contributed by atoms with Gasteiger partial charge in [0, 0.05) is 24.7 Å². The summed E-state index contributed by atoms with van der Waals surface area (Å²) in [7, 11) is 1.60. The Balaban J connectivity index is 1.77. The third-order valence-corrected chi connectivity index (χ3v) is 3.86. The van der Waals surface area contributed by atoms with E-state index in [-0.39, 0.29) is 0 Å². The van der Waals surface area contributed by atoms with Gasteiger partial charge >= 0.3 is 0 Å². The third-order valence-electron chi connectivity index (χ3n) is 3.86. The first-order valence-electron chi connectivity index (χ1n) is 7.02. The Morgan fingerprint density at radius 3 is 2.95 bits per heavy atom. The fourth-order valence-corrected chi connectivity index (χ4v) is 2.60. The summed E-state index contributed by atoms with van der Waals surface area (Å²) in [6.45, 7) is 7.50. The van der Waals surface area contributed by atoms with Crippen LogP contribution >= 0.6 is 0 Å². The monoisotopic (exact) mass is 264 g/mol. The van der Waals surface area contributed by atoms with Gasteiger partial charge in [-0.2, -0.15) is 0 Å². The van der Waals surface area contributed by atoms with Crippen LogP contribution in [-0.4, -0.2) is 43.3 Å². The molecule has 19 heavy (non-hydrogen) atoms. The largest absolute Gasteiger partial charge is 0.507 e. The molecule has 0 saturated carbocycles. The second-order valence-corrected chi connectivity index (χ2v) is 5.17. The number of phenols is 1. The second kappa shape index (κ2) is 6.78. The summed E-state index contributed by atoms with van der Waals surface area (Å²) < 4.78 is 5.07. The number of nitrogens with one attached hydrogen (secondary N) is 1. The van der Waals surface area contributed by atoms with E-state index in [0.717, 1.165) is 24.6 Å². The summed E-state index contributed by atoms with van der Waals surface area (Å²) >= 11 is 0. The van der Waals surface area contributed by atoms with Crippen LogP contribution in [0.15, 0.2) is 18.2 Å². The van der Waals surface area contributed by atoms with E-state index < -0.39 is 0 Å². The van der Waals surface area contributed by atoms with E-state index in [4.69, 9.17) is 4.74 Å². The quantitative estimate of drug-likeness (QED) is 0.823. The fraction of sp³-hybridized carbons (Fsp3) is 0.600. The highest BCUT2D eigenvalue weighted by molar-refractivity contribution is 5.39. The van der Waals surface area contributed by atoms with Crippen molar-refractivity contribution in [3.8, 4) is 11.5 Å². The van der Waals surface area contributed by atoms with Gasteiger partial charge < -0.3 is 20.1 Å². The van der Waals surface area contributed by atoms with Crippen LogP contribution in [-0.2, 0) is 6.54 Å². The van der Waals surface area contributed by atoms with Gasteiger partial charge in [-0.1, -0.05) is 13.0 Å². The van der Waals surface area contributed by atoms with Crippen molar-refractivity contribution in [1.29, 1.82) is 0 Å². The third kappa shape index (κ3) is 3.85. The summed E-state index contributed by atoms with van der Waals surface area (Å²) in [5.74, 6) is 1.73. The number of hydrogen-bond donors (Lipinski definition) is 2. The maximum atomic E-state index is 9.87. The van der Waals surface area contributed by atoms with Crippen LogP contribution in [0.4, 0.5) is 0 Å². The Hall–Kier alpha value is -1.26. The normalized spacial score (nSPS) is 19.8. The fourth-order valence-electron chi connectivity index (χ4n) is 2.60. The van der Waals surface area contributed by atoms with Gasteiger partial charge in [0.1, 0.15) is 11.5 Å². The van der Waals surface area contributed by atoms with Crippen LogP contribution in [0.5, 0.6) is 11.5 Å². The molecule has 0 aliphatic carbocycles. The topological polar surface area (TPSA) is 44.7 Å². The van der Waals surface area contributed by atoms with E-state index in [0.29, 0.717) is 18.0 Å². The second-order valence-electron chi connectivity index (χ2n) is 5.17. The van der Waals surface area contributed by atoms with Crippen molar-refractivity contribution in [1.82, 2.24) is 10.2 Å². The van der Waals surface area contributed by atoms with Crippen LogP contribution in [0.1, 0.15) is 18.9 Å². The Bertz CT molecular complexity index is 409. The minimum absolute atomic E-state index is 0.299. The molecule has 0 amide bonds. The SMILES string of the molecule is CCN1CCC(CNCc2ccc(OC)cc2O)C1. The highest BCUT2D eigenvalue weighted by Gasteiger charge is 2.20. The molecule has 106 valence electrons. The van der Waals surface area contributed by atoms with Crippen molar-refractivity contribution in [3.63, 3.8) is 0 Å². The van der Waals surface area contributed by atoms with Gasteiger partial charge in [-0.05, 0) is 38.0 Å². The van der Waals surface area contributed by atoms with Gasteiger partial charge in [-0.15, -0.1) is 0 Å². The van der Waals surface area contributed by atoms with Crippen molar-refractivity contribution in [3.05, 3.63) is 23.8 Å². The minimum atomic E-state index is 0.299. The lowest BCUT2D eigenvalue weighted by molar-refractivity contribution is 0.338. The maximum absolute atomic E-state index is 9.87. The number of nitrogens with zero attached hydrogens (tertiary/aromatic N) is 1. The number of hydrogen-bond acceptors (Lipinski definition) is 4. The number of benzene rings is 1. The summed E-state index contributed by atoms with van der Waals surface area (Å²) in [4.78, 5) is 2.48. The van der Waals surface area contributed by atoms with Crippen molar-refractivity contribution in [2.24, 2.45) is 5.92 Å². The number of phenolic OH excluding ortho intramolecular Hbond substituents is 1. The van der Waals surface area contributed by atoms with E-state index in [1.807, 2.05) is 12.1 Å². The molecule has 0 spiro atoms. The lowest BCUT2D eigenvalue weighted by Gasteiger charge is -2.14. The number of methoxy groups -OCH3 is 1. The van der Waals surface area contributed by atoms with E-state index in [1.165, 1.54) is 19.5 Å². The molecule has 4 heteroatoms. The van der Waals surface area contributed by atoms with Crippen LogP contribution < -0.4 is 10.1 Å². The lowest BCUT2D eigenvalue weighted by atomic mass is 10.1. The van der Waals surface area contributed by atoms with Crippen LogP contribution in [0.25, 0.3) is 0 Å². The highest BCUT2D eigenvalue weighted by atomic mass is 16.5. The maximum Gasteiger partial charge on any atom is 0.123 e. The van der Waals surface area contributed by atoms with Crippen molar-refractivity contribution in [2.45, 2.75) is 19.9 Å². The Morgan fingerprint density at radius 2 is 2.32 bits per heavy atom. The van der Waals surface area contributed by atoms with E-state index in [9.17, 15) is 5.11 Å². The molecule has 1 aromatic rings. The zero-order valence-corrected chi connectivity index (χ0v) is 11.9. The molecule has 0 aromatic heterocycles. The molecular formula is C15H24N2O2. The molecule has 4 nitrogen and oxygen atoms in total. The van der Waals surface area contributed by atoms with Crippen molar-refractivity contribution in [2.75, 3.05) is 33.3 Å². The smallest absolute Gasteiger partial charge is 0.123 e. The predicted octanol–water partition coefficient (Wildman–Crippen LogP) is 1.83. The lowest BCUT2D eigenvalue weighted by Crippen LogP contribution is -2.26. The first kappa shape index (κ1) is 14.2. The van der Waals surface area contributed by atoms with Gasteiger partial charge in [0.25, 0.3) is 0 Å². The number of ether oxygens (including phenoxy) is 1. The first-order valence-corrected chi connectivity index (χ1v) is 7.02. The van der Waals surface area contributed by atoms with Gasteiger partial charge in [0.15, 0.2) is 0 Å². The van der Waals surface area contributed by atoms with Gasteiger partial charge in [-0.3, -0.25) is 0 Å². The molecule has 1 aliphatic heterocycles. The molecular weight excluding hydrogens is 240 g/mol. The average Bonchev–Trinajstić information content (AvgIpc) is 2.88. The first-order chi connectivity index (χ1) is 9.22. The van der Waals surface area contributed by atoms with E-state index in [2.05, 4.69) is 17.1 Å². The molecule has 0 radical (unpaired) electrons. The van der Waals surface area contributed by atoms with E-state index >= 15 is 0 Å². The summed E-state index contributed by atoms with van der Waals surface area (Å²) in [5, 5.41) is 13.3. The zero-order valence-electron chi connectivity index (χ0n) is 11.9. The summed E-state index contributed by atoms with van der Waals surface area (Å²) in [6, 6.07) is 5.45. The standard InChI is InChI=1S/C15H24N2O2/c1-3-17-7-6-12(11-17)9-16-10-13-4-5-14(19-2)8-15(13)18/h4-5,8,12,16,18H,3,6-7,9-11H2,1-2H3. The van der Waals surface area contributed by atoms with Gasteiger partial charge in [-0.25, -0.2) is 0 Å². The number of rotatable bonds is 6. The average molecular weight is 264 g/mol. The number of likely N-dealkylation sites (tertiary alicyclic amines) is 1. The van der Waals surface area contributed by atoms with Crippen LogP contribution in [0.3, 0.4) is 0 Å². The predicted molar refractivity (Wildman–Crippen MR) is 76.6 cm³/mol. The molecule has 2 rings (SSSR count). The van der Waals surface area contributed by atoms with Crippen molar-refractivity contribution < 1.29 is 9.84 Å². The molecule has 1 unspecified atom stereocenters. The Labute approximate surface area is 115 Å². The molecule has 0 bridgehead atoms. The highest BCUT2D eigenvalue weighted by Crippen LogP contribution is 2.23. The Morgan fingerprint density at radius 1 is 1.47 bits per heavy atom. The van der Waals surface area contributed by atoms with Gasteiger partial charge in [0.05, 0.1) is 7.11 Å². The Kier molecular flexibility index (Phi) is 5.05. The molecule has 1 aliphatic rings. The molecule has 1 fully saturated rings. The van der Waals surface area contributed by atoms with Crippen LogP contribution in [0, 0.1) is 5.92 Å². The summed E-state index contributed by atoms with van der Waals surface area (Å²) in [6.07, 6.45) is 1.27. The minimum Gasteiger partial charge on any atom is -0.507 e. The molecule has 1 saturated heterocycles. The molecule has 1 atom stereocenters. The van der Waals surface area contributed by atoms with Crippen LogP contribution in [0.2, 0.25) is 0 Å². The molecule has 2 N–H and O–H groups in total. The molecule has 1 heterocycles.